The Bertz CT molecular complexity index is 1560. The largest absolute Gasteiger partial charge is 0.465 e. The van der Waals surface area contributed by atoms with Crippen molar-refractivity contribution in [2.75, 3.05) is 5.73 Å². The Morgan fingerprint density at radius 1 is 1.16 bits per heavy atom. The van der Waals surface area contributed by atoms with Gasteiger partial charge in [0.1, 0.15) is 22.9 Å². The number of nitrogens with two attached hydrogens (primary N) is 1. The monoisotopic (exact) mass is 519 g/mol. The Morgan fingerprint density at radius 2 is 1.87 bits per heavy atom. The summed E-state index contributed by atoms with van der Waals surface area (Å²) in [7, 11) is 0. The quantitative estimate of drug-likeness (QED) is 0.275. The van der Waals surface area contributed by atoms with E-state index in [2.05, 4.69) is 27.2 Å². The number of pyridine rings is 1. The van der Waals surface area contributed by atoms with Gasteiger partial charge in [0.15, 0.2) is 5.82 Å². The number of aromatic nitrogens is 3. The van der Waals surface area contributed by atoms with Crippen LogP contribution in [0, 0.1) is 23.5 Å². The van der Waals surface area contributed by atoms with Crippen LogP contribution in [0.15, 0.2) is 48.5 Å². The molecule has 0 aliphatic carbocycles. The van der Waals surface area contributed by atoms with Crippen LogP contribution < -0.4 is 11.1 Å². The number of halogens is 2. The van der Waals surface area contributed by atoms with E-state index in [9.17, 15) is 23.8 Å². The highest BCUT2D eigenvalue weighted by Crippen LogP contribution is 2.36. The molecule has 0 spiro atoms. The molecule has 0 bridgehead atoms. The van der Waals surface area contributed by atoms with Crippen molar-refractivity contribution in [1.29, 1.82) is 0 Å². The third-order valence-corrected chi connectivity index (χ3v) is 5.80. The predicted molar refractivity (Wildman–Crippen MR) is 140 cm³/mol. The number of amides is 1. The fourth-order valence-corrected chi connectivity index (χ4v) is 4.29. The lowest BCUT2D eigenvalue weighted by Gasteiger charge is -2.21. The van der Waals surface area contributed by atoms with Crippen LogP contribution >= 0.6 is 0 Å². The van der Waals surface area contributed by atoms with E-state index in [-0.39, 0.29) is 23.4 Å². The zero-order valence-corrected chi connectivity index (χ0v) is 21.1. The van der Waals surface area contributed by atoms with Crippen LogP contribution in [0.4, 0.5) is 19.4 Å². The highest BCUT2D eigenvalue weighted by Gasteiger charge is 2.24. The number of hydrogen-bond acceptors (Lipinski definition) is 5. The molecule has 196 valence electrons. The number of aliphatic hydroxyl groups is 1. The summed E-state index contributed by atoms with van der Waals surface area (Å²) in [5.74, 6) is 4.30. The summed E-state index contributed by atoms with van der Waals surface area (Å²) in [5.41, 5.74) is 7.66. The van der Waals surface area contributed by atoms with E-state index in [0.717, 1.165) is 29.1 Å². The van der Waals surface area contributed by atoms with Gasteiger partial charge in [-0.25, -0.2) is 18.6 Å². The van der Waals surface area contributed by atoms with Gasteiger partial charge in [0.2, 0.25) is 0 Å². The van der Waals surface area contributed by atoms with E-state index < -0.39 is 29.4 Å². The topological polar surface area (TPSA) is 126 Å². The van der Waals surface area contributed by atoms with Crippen LogP contribution in [0.3, 0.4) is 0 Å². The van der Waals surface area contributed by atoms with Gasteiger partial charge < -0.3 is 21.3 Å². The minimum Gasteiger partial charge on any atom is -0.465 e. The lowest BCUT2D eigenvalue weighted by Crippen LogP contribution is -2.30. The number of rotatable bonds is 6. The molecule has 0 radical (unpaired) electrons. The zero-order chi connectivity index (χ0) is 27.6. The van der Waals surface area contributed by atoms with Gasteiger partial charge in [-0.2, -0.15) is 5.10 Å². The molecule has 0 aliphatic heterocycles. The molecule has 0 saturated heterocycles. The maximum Gasteiger partial charge on any atom is 0.405 e. The van der Waals surface area contributed by atoms with Crippen molar-refractivity contribution >= 4 is 22.8 Å². The van der Waals surface area contributed by atoms with Crippen molar-refractivity contribution < 1.29 is 23.8 Å². The highest BCUT2D eigenvalue weighted by atomic mass is 19.1. The van der Waals surface area contributed by atoms with Crippen molar-refractivity contribution in [3.63, 3.8) is 0 Å². The molecular formula is C28H27F2N5O3. The Kier molecular flexibility index (Phi) is 7.32. The number of anilines is 1. The van der Waals surface area contributed by atoms with E-state index in [0.29, 0.717) is 23.5 Å². The van der Waals surface area contributed by atoms with Gasteiger partial charge in [-0.05, 0) is 69.0 Å². The summed E-state index contributed by atoms with van der Waals surface area (Å²) < 4.78 is 29.7. The SMILES string of the molecule is CCn1nc(N)c2cccc(-c3ccc(C#CC(C)(C)O)nc3C(Cc3cc(F)cc(F)c3)NC(=O)O)c21. The Morgan fingerprint density at radius 3 is 2.50 bits per heavy atom. The van der Waals surface area contributed by atoms with E-state index in [1.165, 1.54) is 13.8 Å². The fourth-order valence-electron chi connectivity index (χ4n) is 4.29. The summed E-state index contributed by atoms with van der Waals surface area (Å²) >= 11 is 0. The normalized spacial score (nSPS) is 12.2. The van der Waals surface area contributed by atoms with Gasteiger partial charge in [0.05, 0.1) is 17.3 Å². The van der Waals surface area contributed by atoms with Crippen LogP contribution in [0.1, 0.15) is 43.8 Å². The molecule has 1 atom stereocenters. The van der Waals surface area contributed by atoms with Crippen LogP contribution in [0.5, 0.6) is 0 Å². The van der Waals surface area contributed by atoms with E-state index in [1.807, 2.05) is 25.1 Å². The second-order valence-corrected chi connectivity index (χ2v) is 9.32. The third kappa shape index (κ3) is 5.90. The summed E-state index contributed by atoms with van der Waals surface area (Å²) in [6.45, 7) is 5.51. The fraction of sp³-hybridized carbons (Fsp3) is 0.250. The summed E-state index contributed by atoms with van der Waals surface area (Å²) in [5, 5.41) is 27.3. The molecule has 38 heavy (non-hydrogen) atoms. The Labute approximate surface area is 218 Å². The summed E-state index contributed by atoms with van der Waals surface area (Å²) in [6.07, 6.45) is -1.43. The first-order valence-electron chi connectivity index (χ1n) is 11.9. The maximum absolute atomic E-state index is 14.0. The number of nitrogens with one attached hydrogen (secondary N) is 1. The number of hydrogen-bond donors (Lipinski definition) is 4. The lowest BCUT2D eigenvalue weighted by atomic mass is 9.94. The molecule has 4 rings (SSSR count). The first-order chi connectivity index (χ1) is 17.9. The Balaban J connectivity index is 1.97. The minimum absolute atomic E-state index is 0.0888. The smallest absolute Gasteiger partial charge is 0.405 e. The molecule has 1 amide bonds. The lowest BCUT2D eigenvalue weighted by molar-refractivity contribution is 0.143. The molecule has 2 aromatic heterocycles. The van der Waals surface area contributed by atoms with E-state index >= 15 is 0 Å². The second kappa shape index (κ2) is 10.5. The van der Waals surface area contributed by atoms with Gasteiger partial charge >= 0.3 is 6.09 Å². The van der Waals surface area contributed by atoms with E-state index in [1.54, 1.807) is 16.8 Å². The molecule has 8 nitrogen and oxygen atoms in total. The molecule has 1 unspecified atom stereocenters. The van der Waals surface area contributed by atoms with Gasteiger partial charge in [-0.15, -0.1) is 0 Å². The molecule has 0 saturated carbocycles. The van der Waals surface area contributed by atoms with Crippen molar-refractivity contribution in [3.8, 4) is 23.0 Å². The number of benzene rings is 2. The van der Waals surface area contributed by atoms with Crippen LogP contribution in [-0.4, -0.2) is 36.7 Å². The molecule has 2 heterocycles. The molecule has 5 N–H and O–H groups in total. The van der Waals surface area contributed by atoms with Crippen molar-refractivity contribution in [1.82, 2.24) is 20.1 Å². The molecule has 4 aromatic rings. The second-order valence-electron chi connectivity index (χ2n) is 9.32. The zero-order valence-electron chi connectivity index (χ0n) is 21.1. The van der Waals surface area contributed by atoms with E-state index in [4.69, 9.17) is 5.73 Å². The van der Waals surface area contributed by atoms with Gasteiger partial charge in [0.25, 0.3) is 0 Å². The van der Waals surface area contributed by atoms with Gasteiger partial charge in [-0.1, -0.05) is 18.1 Å². The number of fused-ring (bicyclic) bond motifs is 1. The predicted octanol–water partition coefficient (Wildman–Crippen LogP) is 4.65. The van der Waals surface area contributed by atoms with Gasteiger partial charge in [0, 0.05) is 29.1 Å². The molecule has 2 aromatic carbocycles. The molecule has 10 heteroatoms. The van der Waals surface area contributed by atoms with Crippen molar-refractivity contribution in [2.24, 2.45) is 0 Å². The minimum atomic E-state index is -1.34. The number of carboxylic acid groups (broad SMARTS) is 1. The number of nitrogen functional groups attached to an aromatic ring is 1. The first-order valence-corrected chi connectivity index (χ1v) is 11.9. The van der Waals surface area contributed by atoms with Crippen LogP contribution in [-0.2, 0) is 13.0 Å². The summed E-state index contributed by atoms with van der Waals surface area (Å²) in [6, 6.07) is 10.9. The maximum atomic E-state index is 14.0. The number of carbonyl (C=O) groups is 1. The van der Waals surface area contributed by atoms with Gasteiger partial charge in [-0.3, -0.25) is 4.68 Å². The molecule has 0 fully saturated rings. The van der Waals surface area contributed by atoms with Crippen LogP contribution in [0.25, 0.3) is 22.0 Å². The van der Waals surface area contributed by atoms with Crippen molar-refractivity contribution in [2.45, 2.75) is 45.4 Å². The third-order valence-electron chi connectivity index (χ3n) is 5.80. The Hall–Kier alpha value is -4.49. The first kappa shape index (κ1) is 26.6. The summed E-state index contributed by atoms with van der Waals surface area (Å²) in [4.78, 5) is 16.5. The molecule has 0 aliphatic rings. The number of para-hydroxylation sites is 1. The average Bonchev–Trinajstić information content (AvgIpc) is 3.17. The highest BCUT2D eigenvalue weighted by molar-refractivity contribution is 6.00. The van der Waals surface area contributed by atoms with Crippen molar-refractivity contribution in [3.05, 3.63) is 77.1 Å². The number of aryl methyl sites for hydroxylation is 1. The standard InChI is InChI=1S/C28H27F2N5O3/c1-4-35-25-21(6-5-7-22(25)26(31)34-35)20-9-8-19(10-11-28(2,3)38)32-24(20)23(33-27(36)37)14-16-12-17(29)15-18(30)13-16/h5-9,12-13,15,23,33,38H,4,14H2,1-3H3,(H2,31,34)(H,36,37). The number of nitrogens with zero attached hydrogens (tertiary/aromatic N) is 3. The molecular weight excluding hydrogens is 492 g/mol. The van der Waals surface area contributed by atoms with Crippen LogP contribution in [0.2, 0.25) is 0 Å². The average molecular weight is 520 g/mol.